The van der Waals surface area contributed by atoms with E-state index < -0.39 is 17.9 Å². The summed E-state index contributed by atoms with van der Waals surface area (Å²) < 4.78 is 20.0. The largest absolute Gasteiger partial charge is 0.462 e. The van der Waals surface area contributed by atoms with Crippen LogP contribution in [-0.4, -0.2) is 29.0 Å². The molecule has 4 aliphatic rings. The summed E-state index contributed by atoms with van der Waals surface area (Å²) in [5, 5.41) is 10.3. The quantitative estimate of drug-likeness (QED) is 0.343. The van der Waals surface area contributed by atoms with E-state index in [2.05, 4.69) is 32.6 Å². The Morgan fingerprint density at radius 3 is 2.56 bits per heavy atom. The second kappa shape index (κ2) is 10.4. The zero-order valence-corrected chi connectivity index (χ0v) is 23.4. The van der Waals surface area contributed by atoms with Crippen molar-refractivity contribution in [2.75, 3.05) is 0 Å². The Morgan fingerprint density at radius 2 is 1.92 bits per heavy atom. The molecule has 3 nitrogen and oxygen atoms in total. The van der Waals surface area contributed by atoms with Crippen molar-refractivity contribution < 1.29 is 19.0 Å². The van der Waals surface area contributed by atoms with Gasteiger partial charge in [-0.05, 0) is 111 Å². The Morgan fingerprint density at radius 1 is 1.19 bits per heavy atom. The summed E-state index contributed by atoms with van der Waals surface area (Å²) in [4.78, 5) is 11.4. The van der Waals surface area contributed by atoms with Gasteiger partial charge in [-0.3, -0.25) is 4.79 Å². The number of carbonyl (C=O) groups excluding carboxylic acids is 1. The molecule has 0 aliphatic heterocycles. The molecule has 1 N–H and O–H groups in total. The van der Waals surface area contributed by atoms with Gasteiger partial charge in [0, 0.05) is 19.8 Å². The summed E-state index contributed by atoms with van der Waals surface area (Å²) in [5.74, 6) is 1.79. The molecule has 0 heterocycles. The number of carbonyl (C=O) groups is 1. The maximum Gasteiger partial charge on any atom is 0.302 e. The van der Waals surface area contributed by atoms with Crippen molar-refractivity contribution in [3.05, 3.63) is 35.5 Å². The molecule has 1 unspecified atom stereocenters. The second-order valence-corrected chi connectivity index (χ2v) is 13.6. The van der Waals surface area contributed by atoms with E-state index in [1.165, 1.54) is 57.4 Å². The Balaban J connectivity index is 1.53. The molecule has 4 rings (SSSR count). The smallest absolute Gasteiger partial charge is 0.302 e. The summed E-state index contributed by atoms with van der Waals surface area (Å²) in [6.07, 6.45) is 15.6. The molecule has 6 atom stereocenters. The van der Waals surface area contributed by atoms with Gasteiger partial charge >= 0.3 is 5.97 Å². The molecule has 0 amide bonds. The van der Waals surface area contributed by atoms with E-state index in [0.29, 0.717) is 34.7 Å². The highest BCUT2D eigenvalue weighted by atomic mass is 19.1. The minimum Gasteiger partial charge on any atom is -0.462 e. The number of hydrogen-bond donors (Lipinski definition) is 1. The summed E-state index contributed by atoms with van der Waals surface area (Å²) in [6, 6.07) is 0. The van der Waals surface area contributed by atoms with Crippen molar-refractivity contribution in [3.8, 4) is 0 Å². The van der Waals surface area contributed by atoms with Crippen molar-refractivity contribution in [2.24, 2.45) is 28.6 Å². The molecule has 4 heteroatoms. The molecular formula is C32H49FO3. The normalized spacial score (nSPS) is 37.1. The number of ether oxygens (including phenoxy) is 1. The van der Waals surface area contributed by atoms with Crippen LogP contribution in [0, 0.1) is 28.6 Å². The van der Waals surface area contributed by atoms with E-state index in [9.17, 15) is 14.3 Å². The molecule has 0 aromatic rings. The van der Waals surface area contributed by atoms with Crippen LogP contribution in [0.1, 0.15) is 112 Å². The van der Waals surface area contributed by atoms with Gasteiger partial charge in [0.05, 0.1) is 5.60 Å². The molecule has 4 fully saturated rings. The lowest BCUT2D eigenvalue weighted by Crippen LogP contribution is -2.42. The zero-order valence-electron chi connectivity index (χ0n) is 23.4. The van der Waals surface area contributed by atoms with Gasteiger partial charge in [-0.1, -0.05) is 44.6 Å². The SMILES string of the molecule is C=C1/C(=C\C=C2CCC[C@@]3(C)C2CC[C@@H]3[C@](C)(CCCC(C)(C)O)C2CC2)C[C@@H](OC(C)=O)C[C@H]1F. The third-order valence-corrected chi connectivity index (χ3v) is 10.3. The summed E-state index contributed by atoms with van der Waals surface area (Å²) >= 11 is 0. The van der Waals surface area contributed by atoms with E-state index in [0.717, 1.165) is 30.8 Å². The Labute approximate surface area is 218 Å². The van der Waals surface area contributed by atoms with E-state index >= 15 is 0 Å². The number of fused-ring (bicyclic) bond motifs is 1. The van der Waals surface area contributed by atoms with E-state index in [4.69, 9.17) is 4.74 Å². The monoisotopic (exact) mass is 500 g/mol. The first-order valence-corrected chi connectivity index (χ1v) is 14.5. The van der Waals surface area contributed by atoms with E-state index in [-0.39, 0.29) is 12.4 Å². The van der Waals surface area contributed by atoms with Crippen LogP contribution < -0.4 is 0 Å². The molecule has 0 radical (unpaired) electrons. The zero-order chi connectivity index (χ0) is 26.3. The second-order valence-electron chi connectivity index (χ2n) is 13.6. The Kier molecular flexibility index (Phi) is 7.97. The van der Waals surface area contributed by atoms with Crippen molar-refractivity contribution in [1.82, 2.24) is 0 Å². The fourth-order valence-electron chi connectivity index (χ4n) is 8.37. The van der Waals surface area contributed by atoms with E-state index in [1.807, 2.05) is 13.8 Å². The summed E-state index contributed by atoms with van der Waals surface area (Å²) in [5.41, 5.74) is 3.03. The Hall–Kier alpha value is -1.42. The van der Waals surface area contributed by atoms with Gasteiger partial charge < -0.3 is 9.84 Å². The molecule has 202 valence electrons. The van der Waals surface area contributed by atoms with Crippen LogP contribution in [0.15, 0.2) is 35.5 Å². The highest BCUT2D eigenvalue weighted by Crippen LogP contribution is 2.67. The lowest BCUT2D eigenvalue weighted by atomic mass is 9.55. The van der Waals surface area contributed by atoms with Gasteiger partial charge in [0.25, 0.3) is 0 Å². The highest BCUT2D eigenvalue weighted by molar-refractivity contribution is 5.66. The standard InChI is InChI=1S/C32H49FO3/c1-21-24(19-26(20-28(21)33)36-22(2)34)11-10-23-9-7-17-32(6)27(23)14-15-29(32)31(5,25-12-13-25)18-8-16-30(3,4)35/h10-11,25-29,35H,1,7-9,12-20H2,2-6H3/b23-10?,24-11-/t26-,27?,28-,29-,31-,32+/m1/s1. The van der Waals surface area contributed by atoms with Crippen LogP contribution in [0.4, 0.5) is 4.39 Å². The van der Waals surface area contributed by atoms with Gasteiger partial charge in [-0.25, -0.2) is 4.39 Å². The number of halogens is 1. The molecule has 0 spiro atoms. The van der Waals surface area contributed by atoms with Gasteiger partial charge in [-0.15, -0.1) is 0 Å². The molecular weight excluding hydrogens is 451 g/mol. The maximum atomic E-state index is 14.6. The van der Waals surface area contributed by atoms with Crippen molar-refractivity contribution >= 4 is 5.97 Å². The summed E-state index contributed by atoms with van der Waals surface area (Å²) in [6.45, 7) is 14.4. The van der Waals surface area contributed by atoms with Crippen LogP contribution in [0.3, 0.4) is 0 Å². The molecule has 0 bridgehead atoms. The number of hydrogen-bond acceptors (Lipinski definition) is 3. The minimum absolute atomic E-state index is 0.210. The maximum absolute atomic E-state index is 14.6. The molecule has 36 heavy (non-hydrogen) atoms. The molecule has 0 aromatic heterocycles. The van der Waals surface area contributed by atoms with Crippen LogP contribution in [0.25, 0.3) is 0 Å². The van der Waals surface area contributed by atoms with Crippen molar-refractivity contribution in [3.63, 3.8) is 0 Å². The third kappa shape index (κ3) is 5.84. The predicted octanol–water partition coefficient (Wildman–Crippen LogP) is 8.03. The molecule has 4 aliphatic carbocycles. The number of rotatable bonds is 8. The Bertz CT molecular complexity index is 907. The number of aliphatic hydroxyl groups is 1. The lowest BCUT2D eigenvalue weighted by molar-refractivity contribution is -0.147. The first-order chi connectivity index (χ1) is 16.8. The molecule has 0 saturated heterocycles. The fourth-order valence-corrected chi connectivity index (χ4v) is 8.37. The average Bonchev–Trinajstić information content (AvgIpc) is 3.56. The van der Waals surface area contributed by atoms with Crippen LogP contribution in [0.2, 0.25) is 0 Å². The van der Waals surface area contributed by atoms with Crippen LogP contribution in [0.5, 0.6) is 0 Å². The number of esters is 1. The average molecular weight is 501 g/mol. The highest BCUT2D eigenvalue weighted by Gasteiger charge is 2.58. The van der Waals surface area contributed by atoms with Gasteiger partial charge in [0.2, 0.25) is 0 Å². The minimum atomic E-state index is -1.15. The van der Waals surface area contributed by atoms with Crippen molar-refractivity contribution in [2.45, 2.75) is 130 Å². The van der Waals surface area contributed by atoms with Crippen molar-refractivity contribution in [1.29, 1.82) is 0 Å². The van der Waals surface area contributed by atoms with Crippen LogP contribution in [-0.2, 0) is 9.53 Å². The molecule has 4 saturated carbocycles. The lowest BCUT2D eigenvalue weighted by Gasteiger charge is -2.50. The van der Waals surface area contributed by atoms with Gasteiger partial charge in [0.1, 0.15) is 12.3 Å². The third-order valence-electron chi connectivity index (χ3n) is 10.3. The topological polar surface area (TPSA) is 46.5 Å². The fraction of sp³-hybridized carbons (Fsp3) is 0.781. The summed E-state index contributed by atoms with van der Waals surface area (Å²) in [7, 11) is 0. The van der Waals surface area contributed by atoms with Gasteiger partial charge in [0.15, 0.2) is 0 Å². The number of allylic oxidation sites excluding steroid dienone is 4. The number of alkyl halides is 1. The van der Waals surface area contributed by atoms with E-state index in [1.54, 1.807) is 0 Å². The predicted molar refractivity (Wildman–Crippen MR) is 144 cm³/mol. The first kappa shape index (κ1) is 27.6. The van der Waals surface area contributed by atoms with Gasteiger partial charge in [-0.2, -0.15) is 0 Å². The molecule has 0 aromatic carbocycles. The van der Waals surface area contributed by atoms with Crippen LogP contribution >= 0.6 is 0 Å². The first-order valence-electron chi connectivity index (χ1n) is 14.5.